The third-order valence-corrected chi connectivity index (χ3v) is 4.31. The number of aromatic nitrogens is 2. The number of rotatable bonds is 4. The average Bonchev–Trinajstić information content (AvgIpc) is 2.98. The molecule has 21 heavy (non-hydrogen) atoms. The Kier molecular flexibility index (Phi) is 3.75. The summed E-state index contributed by atoms with van der Waals surface area (Å²) in [6.45, 7) is 5.13. The second kappa shape index (κ2) is 5.69. The molecule has 0 saturated carbocycles. The summed E-state index contributed by atoms with van der Waals surface area (Å²) in [5, 5.41) is 6.22. The van der Waals surface area contributed by atoms with Crippen molar-refractivity contribution in [2.24, 2.45) is 0 Å². The molecule has 4 nitrogen and oxygen atoms in total. The van der Waals surface area contributed by atoms with Crippen LogP contribution >= 0.6 is 11.3 Å². The first-order chi connectivity index (χ1) is 10.2. The molecule has 0 aliphatic carbocycles. The molecule has 0 saturated heterocycles. The van der Waals surface area contributed by atoms with Gasteiger partial charge in [0.05, 0.1) is 5.39 Å². The van der Waals surface area contributed by atoms with Crippen LogP contribution in [0.25, 0.3) is 10.2 Å². The largest absolute Gasteiger partial charge is 0.357 e. The van der Waals surface area contributed by atoms with E-state index in [2.05, 4.69) is 64.8 Å². The molecular formula is C16H18N4S. The van der Waals surface area contributed by atoms with Crippen molar-refractivity contribution in [2.75, 3.05) is 23.8 Å². The zero-order valence-electron chi connectivity index (χ0n) is 12.4. The Bertz CT molecular complexity index is 766. The molecule has 2 aromatic heterocycles. The summed E-state index contributed by atoms with van der Waals surface area (Å²) < 4.78 is 0. The normalized spacial score (nSPS) is 10.8. The number of aryl methyl sites for hydroxylation is 1. The van der Waals surface area contributed by atoms with Gasteiger partial charge < -0.3 is 10.2 Å². The van der Waals surface area contributed by atoms with Crippen LogP contribution in [-0.4, -0.2) is 23.6 Å². The number of benzene rings is 1. The number of nitrogens with zero attached hydrogens (tertiary/aromatic N) is 3. The summed E-state index contributed by atoms with van der Waals surface area (Å²) >= 11 is 1.64. The lowest BCUT2D eigenvalue weighted by Crippen LogP contribution is -2.19. The molecule has 0 aliphatic heterocycles. The number of anilines is 3. The summed E-state index contributed by atoms with van der Waals surface area (Å²) in [6.07, 6.45) is 0. The van der Waals surface area contributed by atoms with Gasteiger partial charge >= 0.3 is 0 Å². The van der Waals surface area contributed by atoms with Crippen LogP contribution in [-0.2, 0) is 0 Å². The SMILES string of the molecule is CCN(c1ccccc1C)c1nc(NC)nc2sccc12. The number of thiophene rings is 1. The van der Waals surface area contributed by atoms with E-state index in [1.54, 1.807) is 11.3 Å². The van der Waals surface area contributed by atoms with Gasteiger partial charge in [0.15, 0.2) is 0 Å². The maximum Gasteiger partial charge on any atom is 0.225 e. The van der Waals surface area contributed by atoms with Gasteiger partial charge in [-0.3, -0.25) is 0 Å². The van der Waals surface area contributed by atoms with Crippen molar-refractivity contribution in [1.29, 1.82) is 0 Å². The van der Waals surface area contributed by atoms with Crippen molar-refractivity contribution in [3.05, 3.63) is 41.3 Å². The van der Waals surface area contributed by atoms with E-state index in [9.17, 15) is 0 Å². The Hall–Kier alpha value is -2.14. The van der Waals surface area contributed by atoms with Gasteiger partial charge in [-0.1, -0.05) is 18.2 Å². The fraction of sp³-hybridized carbons (Fsp3) is 0.250. The Balaban J connectivity index is 2.21. The van der Waals surface area contributed by atoms with Crippen molar-refractivity contribution in [3.63, 3.8) is 0 Å². The van der Waals surface area contributed by atoms with Crippen molar-refractivity contribution >= 4 is 39.0 Å². The van der Waals surface area contributed by atoms with E-state index in [0.717, 1.165) is 22.6 Å². The molecule has 3 aromatic rings. The van der Waals surface area contributed by atoms with E-state index in [-0.39, 0.29) is 0 Å². The van der Waals surface area contributed by atoms with E-state index in [0.29, 0.717) is 5.95 Å². The van der Waals surface area contributed by atoms with Crippen LogP contribution in [0.5, 0.6) is 0 Å². The number of fused-ring (bicyclic) bond motifs is 1. The Morgan fingerprint density at radius 1 is 1.19 bits per heavy atom. The number of hydrogen-bond acceptors (Lipinski definition) is 5. The van der Waals surface area contributed by atoms with Crippen molar-refractivity contribution < 1.29 is 0 Å². The maximum atomic E-state index is 4.69. The third kappa shape index (κ3) is 2.45. The highest BCUT2D eigenvalue weighted by Crippen LogP contribution is 2.34. The van der Waals surface area contributed by atoms with E-state index in [4.69, 9.17) is 4.98 Å². The van der Waals surface area contributed by atoms with E-state index in [1.165, 1.54) is 11.3 Å². The highest BCUT2D eigenvalue weighted by Gasteiger charge is 2.16. The second-order valence-electron chi connectivity index (χ2n) is 4.79. The average molecular weight is 298 g/mol. The van der Waals surface area contributed by atoms with E-state index < -0.39 is 0 Å². The Morgan fingerprint density at radius 3 is 2.71 bits per heavy atom. The molecule has 108 valence electrons. The standard InChI is InChI=1S/C16H18N4S/c1-4-20(13-8-6-5-7-11(13)2)14-12-9-10-21-15(12)19-16(17-3)18-14/h5-10H,4H2,1-3H3,(H,17,18,19). The zero-order chi connectivity index (χ0) is 14.8. The van der Waals surface area contributed by atoms with Gasteiger partial charge in [-0.2, -0.15) is 4.98 Å². The lowest BCUT2D eigenvalue weighted by atomic mass is 10.1. The van der Waals surface area contributed by atoms with Crippen LogP contribution in [0.1, 0.15) is 12.5 Å². The lowest BCUT2D eigenvalue weighted by Gasteiger charge is -2.25. The van der Waals surface area contributed by atoms with E-state index >= 15 is 0 Å². The van der Waals surface area contributed by atoms with Gasteiger partial charge in [0.25, 0.3) is 0 Å². The van der Waals surface area contributed by atoms with Crippen LogP contribution in [0, 0.1) is 6.92 Å². The van der Waals surface area contributed by atoms with Crippen LogP contribution < -0.4 is 10.2 Å². The lowest BCUT2D eigenvalue weighted by molar-refractivity contribution is 0.985. The monoisotopic (exact) mass is 298 g/mol. The molecule has 1 aromatic carbocycles. The fourth-order valence-corrected chi connectivity index (χ4v) is 3.22. The van der Waals surface area contributed by atoms with Crippen molar-refractivity contribution in [3.8, 4) is 0 Å². The first-order valence-corrected chi connectivity index (χ1v) is 7.88. The molecule has 0 spiro atoms. The van der Waals surface area contributed by atoms with Gasteiger partial charge in [-0.15, -0.1) is 11.3 Å². The first kappa shape index (κ1) is 13.8. The predicted octanol–water partition coefficient (Wildman–Crippen LogP) is 4.20. The Morgan fingerprint density at radius 2 is 2.00 bits per heavy atom. The van der Waals surface area contributed by atoms with E-state index in [1.807, 2.05) is 7.05 Å². The summed E-state index contributed by atoms with van der Waals surface area (Å²) in [4.78, 5) is 12.5. The smallest absolute Gasteiger partial charge is 0.225 e. The molecule has 0 radical (unpaired) electrons. The summed E-state index contributed by atoms with van der Waals surface area (Å²) in [5.41, 5.74) is 2.43. The zero-order valence-corrected chi connectivity index (χ0v) is 13.2. The number of nitrogens with one attached hydrogen (secondary N) is 1. The van der Waals surface area contributed by atoms with Gasteiger partial charge in [0, 0.05) is 19.3 Å². The molecule has 0 unspecified atom stereocenters. The van der Waals surface area contributed by atoms with Crippen LogP contribution in [0.2, 0.25) is 0 Å². The quantitative estimate of drug-likeness (QED) is 0.783. The van der Waals surface area contributed by atoms with Gasteiger partial charge in [-0.25, -0.2) is 4.98 Å². The topological polar surface area (TPSA) is 41.1 Å². The predicted molar refractivity (Wildman–Crippen MR) is 90.8 cm³/mol. The molecule has 1 N–H and O–H groups in total. The minimum absolute atomic E-state index is 0.659. The van der Waals surface area contributed by atoms with Crippen molar-refractivity contribution in [2.45, 2.75) is 13.8 Å². The van der Waals surface area contributed by atoms with Crippen LogP contribution in [0.3, 0.4) is 0 Å². The van der Waals surface area contributed by atoms with Gasteiger partial charge in [0.1, 0.15) is 10.6 Å². The van der Waals surface area contributed by atoms with Crippen LogP contribution in [0.4, 0.5) is 17.5 Å². The Labute approximate surface area is 128 Å². The first-order valence-electron chi connectivity index (χ1n) is 7.00. The van der Waals surface area contributed by atoms with Gasteiger partial charge in [-0.05, 0) is 36.9 Å². The number of hydrogen-bond donors (Lipinski definition) is 1. The summed E-state index contributed by atoms with van der Waals surface area (Å²) in [6, 6.07) is 10.5. The van der Waals surface area contributed by atoms with Gasteiger partial charge in [0.2, 0.25) is 5.95 Å². The molecule has 0 aliphatic rings. The molecule has 0 bridgehead atoms. The minimum Gasteiger partial charge on any atom is -0.357 e. The minimum atomic E-state index is 0.659. The molecule has 5 heteroatoms. The molecular weight excluding hydrogens is 280 g/mol. The molecule has 3 rings (SSSR count). The summed E-state index contributed by atoms with van der Waals surface area (Å²) in [7, 11) is 1.85. The molecule has 0 amide bonds. The third-order valence-electron chi connectivity index (χ3n) is 3.51. The highest BCUT2D eigenvalue weighted by molar-refractivity contribution is 7.16. The second-order valence-corrected chi connectivity index (χ2v) is 5.69. The molecule has 0 atom stereocenters. The van der Waals surface area contributed by atoms with Crippen molar-refractivity contribution in [1.82, 2.24) is 9.97 Å². The fourth-order valence-electron chi connectivity index (χ4n) is 2.46. The molecule has 2 heterocycles. The molecule has 0 fully saturated rings. The highest BCUT2D eigenvalue weighted by atomic mass is 32.1. The van der Waals surface area contributed by atoms with Crippen LogP contribution in [0.15, 0.2) is 35.7 Å². The number of para-hydroxylation sites is 1. The summed E-state index contributed by atoms with van der Waals surface area (Å²) in [5.74, 6) is 1.62. The maximum absolute atomic E-state index is 4.69.